The fraction of sp³-hybridized carbons (Fsp3) is 0.458. The molecule has 9 nitrogen and oxygen atoms in total. The molecule has 1 fully saturated rings. The zero-order chi connectivity index (χ0) is 25.3. The second kappa shape index (κ2) is 10.1. The van der Waals surface area contributed by atoms with Gasteiger partial charge in [-0.15, -0.1) is 11.3 Å². The first kappa shape index (κ1) is 25.3. The van der Waals surface area contributed by atoms with E-state index in [4.69, 9.17) is 4.74 Å². The molecule has 11 heteroatoms. The fourth-order valence-corrected chi connectivity index (χ4v) is 7.30. The molecule has 2 amide bonds. The Labute approximate surface area is 209 Å². The molecule has 35 heavy (non-hydrogen) atoms. The molecule has 0 radical (unpaired) electrons. The van der Waals surface area contributed by atoms with Crippen molar-refractivity contribution in [2.75, 3.05) is 32.1 Å². The predicted molar refractivity (Wildman–Crippen MR) is 132 cm³/mol. The molecule has 2 aliphatic heterocycles. The Bertz CT molecular complexity index is 1250. The van der Waals surface area contributed by atoms with Gasteiger partial charge in [0, 0.05) is 31.4 Å². The third-order valence-corrected chi connectivity index (χ3v) is 9.55. The van der Waals surface area contributed by atoms with E-state index in [1.807, 2.05) is 6.92 Å². The lowest BCUT2D eigenvalue weighted by Gasteiger charge is -2.31. The number of sulfonamides is 1. The van der Waals surface area contributed by atoms with E-state index in [1.54, 1.807) is 29.2 Å². The van der Waals surface area contributed by atoms with Gasteiger partial charge in [-0.25, -0.2) is 13.2 Å². The summed E-state index contributed by atoms with van der Waals surface area (Å²) in [5.74, 6) is -1.48. The maximum absolute atomic E-state index is 13.2. The Balaban J connectivity index is 1.54. The summed E-state index contributed by atoms with van der Waals surface area (Å²) in [6, 6.07) is 6.66. The number of methoxy groups -OCH3 is 1. The number of carbonyl (C=O) groups is 3. The number of nitrogens with one attached hydrogen (secondary N) is 1. The monoisotopic (exact) mass is 519 g/mol. The minimum atomic E-state index is -3.72. The molecule has 0 aliphatic carbocycles. The number of hydrogen-bond donors (Lipinski definition) is 1. The van der Waals surface area contributed by atoms with Crippen LogP contribution in [0.15, 0.2) is 29.2 Å². The van der Waals surface area contributed by atoms with Crippen LogP contribution in [0.5, 0.6) is 0 Å². The van der Waals surface area contributed by atoms with Crippen LogP contribution in [-0.4, -0.2) is 62.2 Å². The molecule has 1 atom stereocenters. The van der Waals surface area contributed by atoms with Gasteiger partial charge in [-0.3, -0.25) is 9.59 Å². The summed E-state index contributed by atoms with van der Waals surface area (Å²) in [4.78, 5) is 40.4. The summed E-state index contributed by atoms with van der Waals surface area (Å²) in [7, 11) is -2.43. The topological polar surface area (TPSA) is 113 Å². The highest BCUT2D eigenvalue weighted by Crippen LogP contribution is 2.38. The van der Waals surface area contributed by atoms with Crippen molar-refractivity contribution in [1.82, 2.24) is 9.21 Å². The van der Waals surface area contributed by atoms with Crippen LogP contribution in [0.2, 0.25) is 0 Å². The lowest BCUT2D eigenvalue weighted by atomic mass is 9.98. The average Bonchev–Trinajstić information content (AvgIpc) is 3.20. The lowest BCUT2D eigenvalue weighted by Crippen LogP contribution is -2.43. The van der Waals surface area contributed by atoms with E-state index in [0.29, 0.717) is 49.5 Å². The Morgan fingerprint density at radius 2 is 1.86 bits per heavy atom. The lowest BCUT2D eigenvalue weighted by molar-refractivity contribution is -0.129. The molecule has 1 aromatic carbocycles. The smallest absolute Gasteiger partial charge is 0.341 e. The summed E-state index contributed by atoms with van der Waals surface area (Å²) in [5, 5.41) is 3.25. The van der Waals surface area contributed by atoms with Crippen molar-refractivity contribution < 1.29 is 27.5 Å². The average molecular weight is 520 g/mol. The summed E-state index contributed by atoms with van der Waals surface area (Å²) >= 11 is 1.27. The molecule has 3 heterocycles. The highest BCUT2D eigenvalue weighted by molar-refractivity contribution is 7.89. The summed E-state index contributed by atoms with van der Waals surface area (Å²) in [6.45, 7) is 4.68. The van der Waals surface area contributed by atoms with E-state index in [0.717, 1.165) is 16.0 Å². The summed E-state index contributed by atoms with van der Waals surface area (Å²) in [5.41, 5.74) is 2.08. The molecule has 1 unspecified atom stereocenters. The van der Waals surface area contributed by atoms with Crippen molar-refractivity contribution >= 4 is 44.1 Å². The Hall–Kier alpha value is -2.76. The first-order valence-corrected chi connectivity index (χ1v) is 13.7. The van der Waals surface area contributed by atoms with E-state index >= 15 is 0 Å². The number of anilines is 1. The Morgan fingerprint density at radius 1 is 1.14 bits per heavy atom. The van der Waals surface area contributed by atoms with Gasteiger partial charge in [-0.05, 0) is 43.9 Å². The first-order chi connectivity index (χ1) is 16.6. The zero-order valence-corrected chi connectivity index (χ0v) is 21.6. The molecule has 188 valence electrons. The number of thiophene rings is 1. The maximum Gasteiger partial charge on any atom is 0.341 e. The Kier molecular flexibility index (Phi) is 7.30. The number of hydrogen-bond acceptors (Lipinski definition) is 7. The van der Waals surface area contributed by atoms with E-state index in [2.05, 4.69) is 5.32 Å². The van der Waals surface area contributed by atoms with E-state index in [9.17, 15) is 22.8 Å². The number of amides is 2. The number of esters is 1. The molecule has 0 saturated carbocycles. The zero-order valence-electron chi connectivity index (χ0n) is 20.0. The van der Waals surface area contributed by atoms with Gasteiger partial charge in [0.25, 0.3) is 0 Å². The normalized spacial score (nSPS) is 18.6. The Morgan fingerprint density at radius 3 is 2.51 bits per heavy atom. The van der Waals surface area contributed by atoms with Crippen LogP contribution in [0.4, 0.5) is 5.00 Å². The number of carbonyl (C=O) groups excluding carboxylic acids is 3. The van der Waals surface area contributed by atoms with Crippen molar-refractivity contribution in [1.29, 1.82) is 0 Å². The molecule has 2 aromatic rings. The van der Waals surface area contributed by atoms with Gasteiger partial charge in [-0.1, -0.05) is 17.7 Å². The van der Waals surface area contributed by atoms with Crippen LogP contribution < -0.4 is 5.32 Å². The molecule has 1 saturated heterocycles. The highest BCUT2D eigenvalue weighted by atomic mass is 32.2. The number of piperidine rings is 1. The van der Waals surface area contributed by atoms with Crippen LogP contribution in [0.1, 0.15) is 46.1 Å². The van der Waals surface area contributed by atoms with Crippen molar-refractivity contribution in [3.63, 3.8) is 0 Å². The van der Waals surface area contributed by atoms with Gasteiger partial charge < -0.3 is 15.0 Å². The van der Waals surface area contributed by atoms with Crippen molar-refractivity contribution in [2.45, 2.75) is 44.6 Å². The fourth-order valence-electron chi connectivity index (χ4n) is 4.53. The van der Waals surface area contributed by atoms with Gasteiger partial charge in [0.1, 0.15) is 5.00 Å². The van der Waals surface area contributed by atoms with E-state index < -0.39 is 21.9 Å². The van der Waals surface area contributed by atoms with Crippen LogP contribution in [0.3, 0.4) is 0 Å². The van der Waals surface area contributed by atoms with Gasteiger partial charge in [0.15, 0.2) is 0 Å². The summed E-state index contributed by atoms with van der Waals surface area (Å²) < 4.78 is 32.6. The van der Waals surface area contributed by atoms with E-state index in [1.165, 1.54) is 29.7 Å². The maximum atomic E-state index is 13.2. The SMILES string of the molecule is COC(=O)c1c(NC(=O)C2CCCN(S(=O)(=O)c3ccc(C)cc3)C2)sc2c1CCN(C(C)=O)C2. The second-order valence-electron chi connectivity index (χ2n) is 8.89. The van der Waals surface area contributed by atoms with Crippen LogP contribution in [0.25, 0.3) is 0 Å². The van der Waals surface area contributed by atoms with Gasteiger partial charge >= 0.3 is 5.97 Å². The number of fused-ring (bicyclic) bond motifs is 1. The third-order valence-electron chi connectivity index (χ3n) is 6.54. The summed E-state index contributed by atoms with van der Waals surface area (Å²) in [6.07, 6.45) is 1.60. The molecule has 1 N–H and O–H groups in total. The van der Waals surface area contributed by atoms with Gasteiger partial charge in [0.05, 0.1) is 30.0 Å². The third kappa shape index (κ3) is 5.12. The second-order valence-corrected chi connectivity index (χ2v) is 11.9. The molecule has 4 rings (SSSR count). The highest BCUT2D eigenvalue weighted by Gasteiger charge is 2.35. The minimum Gasteiger partial charge on any atom is -0.465 e. The van der Waals surface area contributed by atoms with Gasteiger partial charge in [-0.2, -0.15) is 4.31 Å². The van der Waals surface area contributed by atoms with E-state index in [-0.39, 0.29) is 23.3 Å². The first-order valence-electron chi connectivity index (χ1n) is 11.5. The molecule has 1 aromatic heterocycles. The number of benzene rings is 1. The van der Waals surface area contributed by atoms with Crippen molar-refractivity contribution in [3.05, 3.63) is 45.8 Å². The predicted octanol–water partition coefficient (Wildman–Crippen LogP) is 2.79. The number of nitrogens with zero attached hydrogens (tertiary/aromatic N) is 2. The molecule has 2 aliphatic rings. The van der Waals surface area contributed by atoms with Crippen LogP contribution in [0, 0.1) is 12.8 Å². The van der Waals surface area contributed by atoms with Crippen molar-refractivity contribution in [3.8, 4) is 0 Å². The van der Waals surface area contributed by atoms with Crippen LogP contribution in [-0.2, 0) is 37.3 Å². The largest absolute Gasteiger partial charge is 0.465 e. The molecule has 0 bridgehead atoms. The van der Waals surface area contributed by atoms with Crippen molar-refractivity contribution in [2.24, 2.45) is 5.92 Å². The number of ether oxygens (including phenoxy) is 1. The molecular weight excluding hydrogens is 490 g/mol. The van der Waals surface area contributed by atoms with Gasteiger partial charge in [0.2, 0.25) is 21.8 Å². The molecule has 0 spiro atoms. The molecular formula is C24H29N3O6S2. The van der Waals surface area contributed by atoms with Crippen LogP contribution >= 0.6 is 11.3 Å². The quantitative estimate of drug-likeness (QED) is 0.608. The number of aryl methyl sites for hydroxylation is 1. The standard InChI is InChI=1S/C24H29N3O6S2/c1-15-6-8-18(9-7-15)35(31,32)27-11-4-5-17(13-27)22(29)25-23-21(24(30)33-3)19-10-12-26(16(2)28)14-20(19)34-23/h6-9,17H,4-5,10-14H2,1-3H3,(H,25,29). The minimum absolute atomic E-state index is 0.0497. The number of rotatable bonds is 5.